The highest BCUT2D eigenvalue weighted by Gasteiger charge is 2.14. The summed E-state index contributed by atoms with van der Waals surface area (Å²) in [6, 6.07) is 0. The van der Waals surface area contributed by atoms with Crippen LogP contribution < -0.4 is 0 Å². The van der Waals surface area contributed by atoms with E-state index in [1.165, 1.54) is 0 Å². The Bertz CT molecular complexity index is 104. The summed E-state index contributed by atoms with van der Waals surface area (Å²) in [5, 5.41) is 7.57. The fraction of sp³-hybridized carbons (Fsp3) is 0.857. The molecule has 3 heteroatoms. The largest absolute Gasteiger partial charge is 0.397 e. The molecule has 0 aliphatic carbocycles. The fourth-order valence-corrected chi connectivity index (χ4v) is 0.783. The number of aliphatic hydroxyl groups excluding tert-OH is 1. The van der Waals surface area contributed by atoms with E-state index < -0.39 is 0 Å². The van der Waals surface area contributed by atoms with E-state index in [-0.39, 0.29) is 6.61 Å². The van der Waals surface area contributed by atoms with Crippen molar-refractivity contribution in [3.05, 3.63) is 0 Å². The molecule has 0 aromatic carbocycles. The van der Waals surface area contributed by atoms with E-state index in [1.54, 1.807) is 11.8 Å². The van der Waals surface area contributed by atoms with Crippen molar-refractivity contribution in [3.8, 4) is 0 Å². The second-order valence-electron chi connectivity index (χ2n) is 2.24. The lowest BCUT2D eigenvalue weighted by Crippen LogP contribution is -2.17. The van der Waals surface area contributed by atoms with Gasteiger partial charge < -0.3 is 10.0 Å². The van der Waals surface area contributed by atoms with E-state index >= 15 is 0 Å². The number of carbonyl (C=O) groups is 1. The standard InChI is InChI=1S/C5H9NO.C2H6O/c1-6-4-2-3-5(6)7;1-2-3/h2-4H2,1H3;3H,2H2,1H3. The number of nitrogens with zero attached hydrogens (tertiary/aromatic N) is 1. The number of amides is 1. The summed E-state index contributed by atoms with van der Waals surface area (Å²) in [6.07, 6.45) is 1.81. The molecule has 0 spiro atoms. The first kappa shape index (κ1) is 9.43. The first-order chi connectivity index (χ1) is 4.72. The Labute approximate surface area is 61.6 Å². The Morgan fingerprint density at radius 3 is 2.30 bits per heavy atom. The molecule has 1 N–H and O–H groups in total. The van der Waals surface area contributed by atoms with Gasteiger partial charge in [-0.3, -0.25) is 4.79 Å². The highest BCUT2D eigenvalue weighted by molar-refractivity contribution is 5.77. The average molecular weight is 145 g/mol. The maximum absolute atomic E-state index is 10.5. The second-order valence-corrected chi connectivity index (χ2v) is 2.24. The predicted octanol–water partition coefficient (Wildman–Crippen LogP) is 0.237. The first-order valence-electron chi connectivity index (χ1n) is 3.57. The molecule has 1 aliphatic heterocycles. The van der Waals surface area contributed by atoms with Crippen molar-refractivity contribution in [2.45, 2.75) is 19.8 Å². The predicted molar refractivity (Wildman–Crippen MR) is 39.6 cm³/mol. The van der Waals surface area contributed by atoms with Gasteiger partial charge in [0.1, 0.15) is 0 Å². The number of hydrogen-bond acceptors (Lipinski definition) is 2. The summed E-state index contributed by atoms with van der Waals surface area (Å²) in [5.41, 5.74) is 0. The SMILES string of the molecule is CCO.CN1CCCC1=O. The van der Waals surface area contributed by atoms with Gasteiger partial charge in [-0.1, -0.05) is 0 Å². The molecule has 1 aliphatic rings. The molecule has 1 fully saturated rings. The molecule has 0 unspecified atom stereocenters. The minimum Gasteiger partial charge on any atom is -0.397 e. The van der Waals surface area contributed by atoms with Gasteiger partial charge in [0, 0.05) is 26.6 Å². The van der Waals surface area contributed by atoms with E-state index in [4.69, 9.17) is 5.11 Å². The Morgan fingerprint density at radius 1 is 1.70 bits per heavy atom. The molecule has 0 bridgehead atoms. The third kappa shape index (κ3) is 3.45. The maximum Gasteiger partial charge on any atom is 0.222 e. The zero-order valence-corrected chi connectivity index (χ0v) is 6.63. The lowest BCUT2D eigenvalue weighted by atomic mass is 10.4. The third-order valence-electron chi connectivity index (χ3n) is 1.31. The Balaban J connectivity index is 0.000000236. The van der Waals surface area contributed by atoms with E-state index in [1.807, 2.05) is 7.05 Å². The zero-order chi connectivity index (χ0) is 7.98. The highest BCUT2D eigenvalue weighted by Crippen LogP contribution is 2.04. The number of hydrogen-bond donors (Lipinski definition) is 1. The van der Waals surface area contributed by atoms with Crippen LogP contribution >= 0.6 is 0 Å². The van der Waals surface area contributed by atoms with Crippen molar-refractivity contribution >= 4 is 5.91 Å². The molecule has 1 rings (SSSR count). The van der Waals surface area contributed by atoms with Gasteiger partial charge in [-0.2, -0.15) is 0 Å². The van der Waals surface area contributed by atoms with Gasteiger partial charge in [0.05, 0.1) is 0 Å². The van der Waals surface area contributed by atoms with Crippen LogP contribution in [0.15, 0.2) is 0 Å². The average Bonchev–Trinajstić information content (AvgIpc) is 2.19. The molecule has 1 saturated heterocycles. The summed E-state index contributed by atoms with van der Waals surface area (Å²) >= 11 is 0. The minimum absolute atomic E-state index is 0.250. The van der Waals surface area contributed by atoms with Gasteiger partial charge in [-0.05, 0) is 13.3 Å². The molecular formula is C7H15NO2. The number of rotatable bonds is 0. The number of carbonyl (C=O) groups excluding carboxylic acids is 1. The van der Waals surface area contributed by atoms with Gasteiger partial charge in [-0.15, -0.1) is 0 Å². The number of likely N-dealkylation sites (tertiary alicyclic amines) is 1. The van der Waals surface area contributed by atoms with Crippen molar-refractivity contribution in [1.29, 1.82) is 0 Å². The van der Waals surface area contributed by atoms with Crippen molar-refractivity contribution in [3.63, 3.8) is 0 Å². The van der Waals surface area contributed by atoms with E-state index in [0.29, 0.717) is 5.91 Å². The van der Waals surface area contributed by atoms with Crippen LogP contribution in [-0.2, 0) is 4.79 Å². The van der Waals surface area contributed by atoms with Crippen LogP contribution in [0.1, 0.15) is 19.8 Å². The van der Waals surface area contributed by atoms with E-state index in [9.17, 15) is 4.79 Å². The Kier molecular flexibility index (Phi) is 4.94. The molecule has 60 valence electrons. The lowest BCUT2D eigenvalue weighted by Gasteiger charge is -2.03. The monoisotopic (exact) mass is 145 g/mol. The van der Waals surface area contributed by atoms with Crippen LogP contribution in [0.5, 0.6) is 0 Å². The normalized spacial score (nSPS) is 16.7. The van der Waals surface area contributed by atoms with Crippen LogP contribution in [-0.4, -0.2) is 36.1 Å². The Morgan fingerprint density at radius 2 is 2.20 bits per heavy atom. The van der Waals surface area contributed by atoms with Crippen molar-refractivity contribution in [2.75, 3.05) is 20.2 Å². The molecule has 0 radical (unpaired) electrons. The smallest absolute Gasteiger partial charge is 0.222 e. The van der Waals surface area contributed by atoms with Gasteiger partial charge >= 0.3 is 0 Å². The molecule has 0 aromatic heterocycles. The molecule has 1 amide bonds. The molecular weight excluding hydrogens is 130 g/mol. The van der Waals surface area contributed by atoms with Crippen LogP contribution in [0.2, 0.25) is 0 Å². The zero-order valence-electron chi connectivity index (χ0n) is 6.63. The van der Waals surface area contributed by atoms with Gasteiger partial charge in [0.25, 0.3) is 0 Å². The summed E-state index contributed by atoms with van der Waals surface area (Å²) < 4.78 is 0. The van der Waals surface area contributed by atoms with E-state index in [0.717, 1.165) is 19.4 Å². The quantitative estimate of drug-likeness (QED) is 0.530. The van der Waals surface area contributed by atoms with Crippen LogP contribution in [0.4, 0.5) is 0 Å². The van der Waals surface area contributed by atoms with Gasteiger partial charge in [0.15, 0.2) is 0 Å². The van der Waals surface area contributed by atoms with Crippen LogP contribution in [0.25, 0.3) is 0 Å². The molecule has 0 atom stereocenters. The minimum atomic E-state index is 0.250. The molecule has 3 nitrogen and oxygen atoms in total. The van der Waals surface area contributed by atoms with Gasteiger partial charge in [-0.25, -0.2) is 0 Å². The molecule has 0 aromatic rings. The van der Waals surface area contributed by atoms with Gasteiger partial charge in [0.2, 0.25) is 5.91 Å². The number of aliphatic hydroxyl groups is 1. The molecule has 0 saturated carbocycles. The molecule has 1 heterocycles. The third-order valence-corrected chi connectivity index (χ3v) is 1.31. The van der Waals surface area contributed by atoms with Crippen molar-refractivity contribution in [2.24, 2.45) is 0 Å². The fourth-order valence-electron chi connectivity index (χ4n) is 0.783. The second kappa shape index (κ2) is 5.23. The summed E-state index contributed by atoms with van der Waals surface area (Å²) in [5.74, 6) is 0.292. The van der Waals surface area contributed by atoms with Crippen molar-refractivity contribution in [1.82, 2.24) is 4.90 Å². The lowest BCUT2D eigenvalue weighted by molar-refractivity contribution is -0.126. The maximum atomic E-state index is 10.5. The van der Waals surface area contributed by atoms with Crippen LogP contribution in [0.3, 0.4) is 0 Å². The Hall–Kier alpha value is -0.570. The highest BCUT2D eigenvalue weighted by atomic mass is 16.2. The molecule has 10 heavy (non-hydrogen) atoms. The topological polar surface area (TPSA) is 40.5 Å². The summed E-state index contributed by atoms with van der Waals surface area (Å²) in [4.78, 5) is 12.3. The first-order valence-corrected chi connectivity index (χ1v) is 3.57. The summed E-state index contributed by atoms with van der Waals surface area (Å²) in [6.45, 7) is 2.89. The summed E-state index contributed by atoms with van der Waals surface area (Å²) in [7, 11) is 1.84. The van der Waals surface area contributed by atoms with Crippen LogP contribution in [0, 0.1) is 0 Å². The van der Waals surface area contributed by atoms with Crippen molar-refractivity contribution < 1.29 is 9.90 Å². The van der Waals surface area contributed by atoms with E-state index in [2.05, 4.69) is 0 Å².